The highest BCUT2D eigenvalue weighted by molar-refractivity contribution is 9.10. The summed E-state index contributed by atoms with van der Waals surface area (Å²) >= 11 is 3.23. The van der Waals surface area contributed by atoms with Crippen molar-refractivity contribution in [3.05, 3.63) is 32.8 Å². The minimum atomic E-state index is -1.30. The molecule has 0 aliphatic rings. The van der Waals surface area contributed by atoms with E-state index in [0.29, 0.717) is 16.6 Å². The van der Waals surface area contributed by atoms with E-state index in [-0.39, 0.29) is 18.7 Å². The summed E-state index contributed by atoms with van der Waals surface area (Å²) in [5.74, 6) is -0.734. The second-order valence-corrected chi connectivity index (χ2v) is 5.40. The number of non-ortho nitro benzene ring substituents is 1. The van der Waals surface area contributed by atoms with Crippen molar-refractivity contribution in [2.24, 2.45) is 5.73 Å². The number of nitro groups is 1. The lowest BCUT2D eigenvalue weighted by Gasteiger charge is -2.18. The van der Waals surface area contributed by atoms with Crippen LogP contribution in [-0.4, -0.2) is 28.1 Å². The van der Waals surface area contributed by atoms with Crippen LogP contribution in [0.25, 0.3) is 0 Å². The lowest BCUT2D eigenvalue weighted by atomic mass is 9.98. The molecule has 7 nitrogen and oxygen atoms in total. The molecule has 0 fully saturated rings. The molecule has 20 heavy (non-hydrogen) atoms. The number of hydrogen-bond acceptors (Lipinski definition) is 5. The Hall–Kier alpha value is -1.67. The van der Waals surface area contributed by atoms with Crippen LogP contribution in [0.15, 0.2) is 22.7 Å². The van der Waals surface area contributed by atoms with Crippen molar-refractivity contribution >= 4 is 27.6 Å². The molecule has 1 aromatic carbocycles. The lowest BCUT2D eigenvalue weighted by Crippen LogP contribution is -2.44. The summed E-state index contributed by atoms with van der Waals surface area (Å²) in [5.41, 5.74) is 4.20. The number of nitrogens with two attached hydrogens (primary N) is 1. The molecule has 0 aliphatic heterocycles. The van der Waals surface area contributed by atoms with E-state index < -0.39 is 16.4 Å². The Labute approximate surface area is 124 Å². The molecule has 0 aliphatic carbocycles. The highest BCUT2D eigenvalue weighted by atomic mass is 79.9. The molecule has 0 radical (unpaired) electrons. The smallest absolute Gasteiger partial charge is 0.323 e. The van der Waals surface area contributed by atoms with Gasteiger partial charge in [0.25, 0.3) is 5.69 Å². The van der Waals surface area contributed by atoms with E-state index in [1.165, 1.54) is 25.1 Å². The van der Waals surface area contributed by atoms with Gasteiger partial charge < -0.3 is 15.6 Å². The minimum Gasteiger partial charge on any atom is -0.492 e. The molecule has 0 aromatic heterocycles. The van der Waals surface area contributed by atoms with Crippen LogP contribution in [0, 0.1) is 10.1 Å². The number of halogens is 1. The number of aliphatic carboxylic acids is 1. The lowest BCUT2D eigenvalue weighted by molar-refractivity contribution is -0.385. The number of ether oxygens (including phenoxy) is 1. The predicted molar refractivity (Wildman–Crippen MR) is 75.8 cm³/mol. The number of carbonyl (C=O) groups is 1. The number of nitro benzene ring substituents is 1. The van der Waals surface area contributed by atoms with Crippen molar-refractivity contribution in [3.8, 4) is 5.75 Å². The molecule has 1 unspecified atom stereocenters. The van der Waals surface area contributed by atoms with E-state index >= 15 is 0 Å². The quantitative estimate of drug-likeness (QED) is 0.444. The fourth-order valence-corrected chi connectivity index (χ4v) is 1.81. The van der Waals surface area contributed by atoms with Crippen molar-refractivity contribution in [2.75, 3.05) is 6.61 Å². The fraction of sp³-hybridized carbons (Fsp3) is 0.417. The molecule has 8 heteroatoms. The second kappa shape index (κ2) is 6.67. The first kappa shape index (κ1) is 16.4. The van der Waals surface area contributed by atoms with Crippen molar-refractivity contribution < 1.29 is 19.6 Å². The fourth-order valence-electron chi connectivity index (χ4n) is 1.44. The highest BCUT2D eigenvalue weighted by Crippen LogP contribution is 2.29. The molecule has 1 aromatic rings. The highest BCUT2D eigenvalue weighted by Gasteiger charge is 2.27. The van der Waals surface area contributed by atoms with E-state index in [2.05, 4.69) is 15.9 Å². The van der Waals surface area contributed by atoms with Gasteiger partial charge in [0.15, 0.2) is 0 Å². The maximum absolute atomic E-state index is 10.8. The Kier molecular flexibility index (Phi) is 5.46. The third-order valence-corrected chi connectivity index (χ3v) is 3.37. The summed E-state index contributed by atoms with van der Waals surface area (Å²) in [7, 11) is 0. The topological polar surface area (TPSA) is 116 Å². The van der Waals surface area contributed by atoms with Gasteiger partial charge in [-0.3, -0.25) is 14.9 Å². The number of hydrogen-bond donors (Lipinski definition) is 2. The van der Waals surface area contributed by atoms with Gasteiger partial charge in [0, 0.05) is 6.07 Å². The Morgan fingerprint density at radius 2 is 2.25 bits per heavy atom. The molecule has 1 rings (SSSR count). The first-order chi connectivity index (χ1) is 9.24. The molecule has 0 spiro atoms. The van der Waals surface area contributed by atoms with Crippen molar-refractivity contribution in [1.29, 1.82) is 0 Å². The maximum Gasteiger partial charge on any atom is 0.323 e. The molecule has 110 valence electrons. The van der Waals surface area contributed by atoms with Crippen LogP contribution in [0.4, 0.5) is 5.69 Å². The number of benzene rings is 1. The van der Waals surface area contributed by atoms with E-state index in [9.17, 15) is 14.9 Å². The summed E-state index contributed by atoms with van der Waals surface area (Å²) < 4.78 is 6.00. The Morgan fingerprint density at radius 1 is 1.60 bits per heavy atom. The normalized spacial score (nSPS) is 13.6. The van der Waals surface area contributed by atoms with E-state index in [4.69, 9.17) is 15.6 Å². The molecule has 0 bridgehead atoms. The van der Waals surface area contributed by atoms with Crippen LogP contribution in [0.3, 0.4) is 0 Å². The Morgan fingerprint density at radius 3 is 2.80 bits per heavy atom. The Balaban J connectivity index is 2.56. The molecule has 0 saturated carbocycles. The van der Waals surface area contributed by atoms with Crippen molar-refractivity contribution in [1.82, 2.24) is 0 Å². The molecular weight excluding hydrogens is 332 g/mol. The average Bonchev–Trinajstić information content (AvgIpc) is 2.36. The van der Waals surface area contributed by atoms with Gasteiger partial charge in [0.05, 0.1) is 22.1 Å². The average molecular weight is 347 g/mol. The van der Waals surface area contributed by atoms with Crippen LogP contribution >= 0.6 is 15.9 Å². The third-order valence-electron chi connectivity index (χ3n) is 2.71. The number of rotatable bonds is 7. The minimum absolute atomic E-state index is 0.0719. The van der Waals surface area contributed by atoms with Crippen LogP contribution in [-0.2, 0) is 4.79 Å². The molecule has 1 atom stereocenters. The largest absolute Gasteiger partial charge is 0.492 e. The van der Waals surface area contributed by atoms with Gasteiger partial charge in [-0.05, 0) is 41.8 Å². The van der Waals surface area contributed by atoms with Gasteiger partial charge >= 0.3 is 5.97 Å². The second-order valence-electron chi connectivity index (χ2n) is 4.55. The van der Waals surface area contributed by atoms with Gasteiger partial charge in [0.2, 0.25) is 0 Å². The Bertz CT molecular complexity index is 519. The van der Waals surface area contributed by atoms with Crippen LogP contribution in [0.2, 0.25) is 0 Å². The van der Waals surface area contributed by atoms with E-state index in [1.807, 2.05) is 0 Å². The molecule has 0 heterocycles. The standard InChI is InChI=1S/C12H15BrN2O5/c1-12(14,11(16)17)5-2-6-20-10-7-8(15(18)19)3-4-9(10)13/h3-4,7H,2,5-6,14H2,1H3,(H,16,17). The number of carboxylic acids is 1. The number of carboxylic acid groups (broad SMARTS) is 1. The van der Waals surface area contributed by atoms with Gasteiger partial charge in [-0.2, -0.15) is 0 Å². The van der Waals surface area contributed by atoms with Gasteiger partial charge in [-0.25, -0.2) is 0 Å². The molecule has 0 amide bonds. The van der Waals surface area contributed by atoms with E-state index in [1.54, 1.807) is 0 Å². The summed E-state index contributed by atoms with van der Waals surface area (Å²) in [4.78, 5) is 21.0. The van der Waals surface area contributed by atoms with Gasteiger partial charge in [-0.15, -0.1) is 0 Å². The summed E-state index contributed by atoms with van der Waals surface area (Å²) in [6, 6.07) is 4.19. The molecule has 0 saturated heterocycles. The zero-order valence-electron chi connectivity index (χ0n) is 10.8. The summed E-state index contributed by atoms with van der Waals surface area (Å²) in [6.45, 7) is 1.65. The monoisotopic (exact) mass is 346 g/mol. The first-order valence-electron chi connectivity index (χ1n) is 5.83. The number of nitrogens with zero attached hydrogens (tertiary/aromatic N) is 1. The van der Waals surface area contributed by atoms with Crippen LogP contribution in [0.1, 0.15) is 19.8 Å². The molecule has 3 N–H and O–H groups in total. The van der Waals surface area contributed by atoms with E-state index in [0.717, 1.165) is 0 Å². The maximum atomic E-state index is 10.8. The van der Waals surface area contributed by atoms with Crippen LogP contribution < -0.4 is 10.5 Å². The van der Waals surface area contributed by atoms with Crippen molar-refractivity contribution in [2.45, 2.75) is 25.3 Å². The summed E-state index contributed by atoms with van der Waals surface area (Å²) in [5, 5.41) is 19.5. The summed E-state index contributed by atoms with van der Waals surface area (Å²) in [6.07, 6.45) is 0.670. The third kappa shape index (κ3) is 4.46. The van der Waals surface area contributed by atoms with Gasteiger partial charge in [-0.1, -0.05) is 0 Å². The molecular formula is C12H15BrN2O5. The first-order valence-corrected chi connectivity index (χ1v) is 6.62. The van der Waals surface area contributed by atoms with Crippen molar-refractivity contribution in [3.63, 3.8) is 0 Å². The zero-order valence-corrected chi connectivity index (χ0v) is 12.4. The SMILES string of the molecule is CC(N)(CCCOc1cc([N+](=O)[O-])ccc1Br)C(=O)O. The predicted octanol–water partition coefficient (Wildman–Crippen LogP) is 2.32. The van der Waals surface area contributed by atoms with Gasteiger partial charge in [0.1, 0.15) is 11.3 Å². The van der Waals surface area contributed by atoms with Crippen LogP contribution in [0.5, 0.6) is 5.75 Å². The zero-order chi connectivity index (χ0) is 15.3.